The van der Waals surface area contributed by atoms with Crippen molar-refractivity contribution in [3.63, 3.8) is 0 Å². The molecule has 3 amide bonds. The van der Waals surface area contributed by atoms with Gasteiger partial charge in [-0.2, -0.15) is 0 Å². The molecule has 0 radical (unpaired) electrons. The molecule has 0 fully saturated rings. The predicted molar refractivity (Wildman–Crippen MR) is 115 cm³/mol. The molecule has 1 aliphatic rings. The van der Waals surface area contributed by atoms with Gasteiger partial charge in [0.05, 0.1) is 17.7 Å². The lowest BCUT2D eigenvalue weighted by Crippen LogP contribution is -2.45. The summed E-state index contributed by atoms with van der Waals surface area (Å²) in [5.41, 5.74) is 2.16. The molecule has 0 saturated heterocycles. The fourth-order valence-electron chi connectivity index (χ4n) is 3.12. The minimum absolute atomic E-state index is 0.150. The van der Waals surface area contributed by atoms with E-state index in [4.69, 9.17) is 9.47 Å². The number of rotatable bonds is 7. The smallest absolute Gasteiger partial charge is 0.338 e. The van der Waals surface area contributed by atoms with E-state index in [0.717, 1.165) is 0 Å². The Kier molecular flexibility index (Phi) is 6.92. The normalized spacial score (nSPS) is 15.7. The zero-order valence-corrected chi connectivity index (χ0v) is 17.6. The highest BCUT2D eigenvalue weighted by Gasteiger charge is 2.32. The summed E-state index contributed by atoms with van der Waals surface area (Å²) in [4.78, 5) is 36.6. The molecule has 1 unspecified atom stereocenters. The second kappa shape index (κ2) is 9.80. The van der Waals surface area contributed by atoms with E-state index in [0.29, 0.717) is 28.3 Å². The van der Waals surface area contributed by atoms with Gasteiger partial charge in [0, 0.05) is 11.4 Å². The van der Waals surface area contributed by atoms with Crippen LogP contribution in [-0.2, 0) is 14.3 Å². The Morgan fingerprint density at radius 1 is 1.06 bits per heavy atom. The number of hydrogen-bond acceptors (Lipinski definition) is 5. The fraction of sp³-hybridized carbons (Fsp3) is 0.261. The summed E-state index contributed by atoms with van der Waals surface area (Å²) in [7, 11) is 0. The molecular formula is C23H25N3O5. The molecule has 3 N–H and O–H groups in total. The number of carbonyl (C=O) groups is 3. The summed E-state index contributed by atoms with van der Waals surface area (Å²) < 4.78 is 10.9. The summed E-state index contributed by atoms with van der Waals surface area (Å²) in [6.07, 6.45) is -0.288. The predicted octanol–water partition coefficient (Wildman–Crippen LogP) is 3.28. The number of benzene rings is 2. The summed E-state index contributed by atoms with van der Waals surface area (Å²) in [6, 6.07) is 14.9. The van der Waals surface area contributed by atoms with E-state index in [2.05, 4.69) is 16.0 Å². The standard InChI is InChI=1S/C23H25N3O5/c1-14(2)31-22(28)20-15(3)24-23(29)26-21(20)16-9-11-18(12-10-16)30-13-19(27)25-17-7-5-4-6-8-17/h4-12,14,21H,13H2,1-3H3,(H,25,27)(H2,24,26,29). The maximum atomic E-state index is 12.6. The second-order valence-corrected chi connectivity index (χ2v) is 7.30. The molecule has 0 bridgehead atoms. The highest BCUT2D eigenvalue weighted by atomic mass is 16.5. The largest absolute Gasteiger partial charge is 0.484 e. The molecule has 0 aliphatic carbocycles. The van der Waals surface area contributed by atoms with E-state index >= 15 is 0 Å². The van der Waals surface area contributed by atoms with Crippen molar-refractivity contribution < 1.29 is 23.9 Å². The Labute approximate surface area is 180 Å². The van der Waals surface area contributed by atoms with Crippen LogP contribution in [0.4, 0.5) is 10.5 Å². The van der Waals surface area contributed by atoms with Crippen LogP contribution in [0.25, 0.3) is 0 Å². The minimum atomic E-state index is -0.657. The zero-order valence-electron chi connectivity index (χ0n) is 17.6. The molecule has 3 rings (SSSR count). The van der Waals surface area contributed by atoms with Crippen LogP contribution < -0.4 is 20.7 Å². The molecule has 2 aromatic rings. The van der Waals surface area contributed by atoms with Crippen LogP contribution in [0.1, 0.15) is 32.4 Å². The van der Waals surface area contributed by atoms with E-state index < -0.39 is 18.0 Å². The first kappa shape index (κ1) is 21.9. The first-order valence-electron chi connectivity index (χ1n) is 9.90. The molecule has 162 valence electrons. The molecule has 31 heavy (non-hydrogen) atoms. The molecular weight excluding hydrogens is 398 g/mol. The number of urea groups is 1. The average Bonchev–Trinajstić information content (AvgIpc) is 2.72. The van der Waals surface area contributed by atoms with Crippen molar-refractivity contribution in [1.82, 2.24) is 10.6 Å². The quantitative estimate of drug-likeness (QED) is 0.593. The fourth-order valence-corrected chi connectivity index (χ4v) is 3.12. The molecule has 2 aromatic carbocycles. The number of hydrogen-bond donors (Lipinski definition) is 3. The summed E-state index contributed by atoms with van der Waals surface area (Å²) in [6.45, 7) is 5.03. The average molecular weight is 423 g/mol. The van der Waals surface area contributed by atoms with E-state index in [9.17, 15) is 14.4 Å². The third-order valence-electron chi connectivity index (χ3n) is 4.47. The van der Waals surface area contributed by atoms with Gasteiger partial charge in [-0.05, 0) is 50.6 Å². The maximum Gasteiger partial charge on any atom is 0.338 e. The molecule has 0 aromatic heterocycles. The molecule has 0 saturated carbocycles. The summed E-state index contributed by atoms with van der Waals surface area (Å²) in [5.74, 6) is -0.291. The van der Waals surface area contributed by atoms with E-state index in [1.165, 1.54) is 0 Å². The van der Waals surface area contributed by atoms with Crippen molar-refractivity contribution in [2.45, 2.75) is 32.9 Å². The Hall–Kier alpha value is -3.81. The van der Waals surface area contributed by atoms with Crippen molar-refractivity contribution in [3.05, 3.63) is 71.4 Å². The van der Waals surface area contributed by atoms with Crippen LogP contribution in [0, 0.1) is 0 Å². The molecule has 1 atom stereocenters. The highest BCUT2D eigenvalue weighted by molar-refractivity contribution is 5.95. The third-order valence-corrected chi connectivity index (χ3v) is 4.47. The minimum Gasteiger partial charge on any atom is -0.484 e. The number of allylic oxidation sites excluding steroid dienone is 1. The van der Waals surface area contributed by atoms with Crippen molar-refractivity contribution in [3.8, 4) is 5.75 Å². The molecule has 8 nitrogen and oxygen atoms in total. The SMILES string of the molecule is CC1=C(C(=O)OC(C)C)C(c2ccc(OCC(=O)Nc3ccccc3)cc2)NC(=O)N1. The van der Waals surface area contributed by atoms with Gasteiger partial charge >= 0.3 is 12.0 Å². The topological polar surface area (TPSA) is 106 Å². The molecule has 0 spiro atoms. The van der Waals surface area contributed by atoms with Gasteiger partial charge in [0.2, 0.25) is 0 Å². The Balaban J connectivity index is 1.67. The highest BCUT2D eigenvalue weighted by Crippen LogP contribution is 2.29. The zero-order chi connectivity index (χ0) is 22.4. The van der Waals surface area contributed by atoms with Gasteiger partial charge < -0.3 is 25.4 Å². The van der Waals surface area contributed by atoms with Gasteiger partial charge in [-0.1, -0.05) is 30.3 Å². The first-order chi connectivity index (χ1) is 14.8. The van der Waals surface area contributed by atoms with Crippen molar-refractivity contribution in [1.29, 1.82) is 0 Å². The van der Waals surface area contributed by atoms with Crippen molar-refractivity contribution >= 4 is 23.6 Å². The number of nitrogens with one attached hydrogen (secondary N) is 3. The van der Waals surface area contributed by atoms with Gasteiger partial charge in [0.1, 0.15) is 5.75 Å². The Morgan fingerprint density at radius 3 is 2.39 bits per heavy atom. The van der Waals surface area contributed by atoms with Crippen LogP contribution in [0.15, 0.2) is 65.9 Å². The number of amides is 3. The molecule has 8 heteroatoms. The lowest BCUT2D eigenvalue weighted by atomic mass is 9.95. The van der Waals surface area contributed by atoms with E-state index in [-0.39, 0.29) is 18.6 Å². The number of para-hydroxylation sites is 1. The maximum absolute atomic E-state index is 12.6. The molecule has 1 aliphatic heterocycles. The van der Waals surface area contributed by atoms with Crippen LogP contribution in [0.5, 0.6) is 5.75 Å². The van der Waals surface area contributed by atoms with Gasteiger partial charge in [-0.25, -0.2) is 9.59 Å². The van der Waals surface area contributed by atoms with Crippen LogP contribution in [0.2, 0.25) is 0 Å². The van der Waals surface area contributed by atoms with Gasteiger partial charge in [-0.15, -0.1) is 0 Å². The number of carbonyl (C=O) groups excluding carboxylic acids is 3. The van der Waals surface area contributed by atoms with Gasteiger partial charge in [0.15, 0.2) is 6.61 Å². The lowest BCUT2D eigenvalue weighted by Gasteiger charge is -2.28. The number of anilines is 1. The van der Waals surface area contributed by atoms with E-state index in [1.807, 2.05) is 18.2 Å². The van der Waals surface area contributed by atoms with Crippen LogP contribution >= 0.6 is 0 Å². The summed E-state index contributed by atoms with van der Waals surface area (Å²) in [5, 5.41) is 8.10. The van der Waals surface area contributed by atoms with E-state index in [1.54, 1.807) is 57.2 Å². The lowest BCUT2D eigenvalue weighted by molar-refractivity contribution is -0.143. The van der Waals surface area contributed by atoms with Crippen molar-refractivity contribution in [2.24, 2.45) is 0 Å². The number of esters is 1. The van der Waals surface area contributed by atoms with Gasteiger partial charge in [0.25, 0.3) is 5.91 Å². The first-order valence-corrected chi connectivity index (χ1v) is 9.90. The van der Waals surface area contributed by atoms with Crippen molar-refractivity contribution in [2.75, 3.05) is 11.9 Å². The number of ether oxygens (including phenoxy) is 2. The monoisotopic (exact) mass is 423 g/mol. The molecule has 1 heterocycles. The second-order valence-electron chi connectivity index (χ2n) is 7.30. The summed E-state index contributed by atoms with van der Waals surface area (Å²) >= 11 is 0. The Bertz CT molecular complexity index is 984. The van der Waals surface area contributed by atoms with Gasteiger partial charge in [-0.3, -0.25) is 4.79 Å². The van der Waals surface area contributed by atoms with Crippen LogP contribution in [-0.4, -0.2) is 30.6 Å². The Morgan fingerprint density at radius 2 is 1.74 bits per heavy atom. The third kappa shape index (κ3) is 5.85. The van der Waals surface area contributed by atoms with Crippen LogP contribution in [0.3, 0.4) is 0 Å².